The lowest BCUT2D eigenvalue weighted by Gasteiger charge is -2.05. The molecule has 0 aliphatic heterocycles. The summed E-state index contributed by atoms with van der Waals surface area (Å²) in [4.78, 5) is 10.4. The number of fused-ring (bicyclic) bond motifs is 1. The number of hydrogen-bond donors (Lipinski definition) is 1. The number of rotatable bonds is 6. The van der Waals surface area contributed by atoms with Crippen molar-refractivity contribution in [2.75, 3.05) is 0 Å². The Morgan fingerprint density at radius 2 is 2.06 bits per heavy atom. The van der Waals surface area contributed by atoms with E-state index in [9.17, 15) is 4.79 Å². The first kappa shape index (κ1) is 12.7. The van der Waals surface area contributed by atoms with Crippen molar-refractivity contribution < 1.29 is 9.90 Å². The van der Waals surface area contributed by atoms with Gasteiger partial charge in [-0.25, -0.2) is 0 Å². The highest BCUT2D eigenvalue weighted by molar-refractivity contribution is 5.80. The minimum absolute atomic E-state index is 0.283. The maximum Gasteiger partial charge on any atom is 0.303 e. The Labute approximate surface area is 107 Å². The molecule has 96 valence electrons. The normalized spacial score (nSPS) is 10.9. The first-order chi connectivity index (χ1) is 8.66. The first-order valence-electron chi connectivity index (χ1n) is 6.44. The topological polar surface area (TPSA) is 42.2 Å². The average Bonchev–Trinajstić information content (AvgIpc) is 2.70. The lowest BCUT2D eigenvalue weighted by Crippen LogP contribution is -1.98. The quantitative estimate of drug-likeness (QED) is 0.790. The minimum atomic E-state index is -0.697. The molecule has 1 aromatic carbocycles. The predicted octanol–water partition coefficient (Wildman–Crippen LogP) is 3.59. The van der Waals surface area contributed by atoms with Crippen molar-refractivity contribution in [3.63, 3.8) is 0 Å². The zero-order chi connectivity index (χ0) is 13.0. The van der Waals surface area contributed by atoms with Gasteiger partial charge < -0.3 is 9.67 Å². The molecule has 3 heteroatoms. The monoisotopic (exact) mass is 245 g/mol. The van der Waals surface area contributed by atoms with Crippen molar-refractivity contribution in [3.05, 3.63) is 36.0 Å². The molecule has 0 bridgehead atoms. The second kappa shape index (κ2) is 5.71. The summed E-state index contributed by atoms with van der Waals surface area (Å²) in [5, 5.41) is 9.84. The lowest BCUT2D eigenvalue weighted by molar-refractivity contribution is -0.137. The van der Waals surface area contributed by atoms with Gasteiger partial charge in [-0.05, 0) is 43.4 Å². The van der Waals surface area contributed by atoms with Gasteiger partial charge in [0.2, 0.25) is 0 Å². The molecule has 0 atom stereocenters. The molecule has 1 heterocycles. The highest BCUT2D eigenvalue weighted by atomic mass is 16.4. The second-order valence-electron chi connectivity index (χ2n) is 4.78. The van der Waals surface area contributed by atoms with Gasteiger partial charge in [-0.15, -0.1) is 0 Å². The summed E-state index contributed by atoms with van der Waals surface area (Å²) >= 11 is 0. The molecule has 0 aliphatic carbocycles. The number of carboxylic acids is 1. The van der Waals surface area contributed by atoms with Gasteiger partial charge in [-0.1, -0.05) is 18.1 Å². The molecule has 0 saturated carbocycles. The smallest absolute Gasteiger partial charge is 0.303 e. The summed E-state index contributed by atoms with van der Waals surface area (Å²) in [7, 11) is 0. The molecule has 2 aromatic rings. The van der Waals surface area contributed by atoms with Gasteiger partial charge in [0.15, 0.2) is 0 Å². The molecule has 18 heavy (non-hydrogen) atoms. The molecule has 0 aliphatic rings. The number of aromatic nitrogens is 1. The third-order valence-corrected chi connectivity index (χ3v) is 3.22. The number of nitrogens with zero attached hydrogens (tertiary/aromatic N) is 1. The van der Waals surface area contributed by atoms with Crippen molar-refractivity contribution >= 4 is 16.9 Å². The molecule has 0 spiro atoms. The number of unbranched alkanes of at least 4 members (excludes halogenated alkanes) is 2. The molecule has 0 amide bonds. The number of benzene rings is 1. The fourth-order valence-corrected chi connectivity index (χ4v) is 2.25. The van der Waals surface area contributed by atoms with E-state index >= 15 is 0 Å². The third-order valence-electron chi connectivity index (χ3n) is 3.22. The van der Waals surface area contributed by atoms with Crippen molar-refractivity contribution in [2.45, 2.75) is 39.2 Å². The van der Waals surface area contributed by atoms with Crippen LogP contribution in [-0.4, -0.2) is 15.6 Å². The SMILES string of the molecule is Cc1ccc2c(ccn2CCCCCC(=O)O)c1. The van der Waals surface area contributed by atoms with E-state index in [0.29, 0.717) is 0 Å². The van der Waals surface area contributed by atoms with Gasteiger partial charge in [0, 0.05) is 24.7 Å². The molecule has 0 fully saturated rings. The van der Waals surface area contributed by atoms with Gasteiger partial charge in [-0.2, -0.15) is 0 Å². The molecule has 1 N–H and O–H groups in total. The Hall–Kier alpha value is -1.77. The van der Waals surface area contributed by atoms with E-state index in [1.807, 2.05) is 0 Å². The van der Waals surface area contributed by atoms with E-state index in [4.69, 9.17) is 5.11 Å². The van der Waals surface area contributed by atoms with Crippen LogP contribution in [0.1, 0.15) is 31.2 Å². The predicted molar refractivity (Wildman–Crippen MR) is 72.8 cm³/mol. The molecule has 3 nitrogen and oxygen atoms in total. The van der Waals surface area contributed by atoms with Crippen molar-refractivity contribution in [1.82, 2.24) is 4.57 Å². The molecule has 0 unspecified atom stereocenters. The molecule has 0 saturated heterocycles. The highest BCUT2D eigenvalue weighted by Gasteiger charge is 2.01. The van der Waals surface area contributed by atoms with E-state index in [1.54, 1.807) is 0 Å². The van der Waals surface area contributed by atoms with Crippen molar-refractivity contribution in [1.29, 1.82) is 0 Å². The maximum atomic E-state index is 10.4. The van der Waals surface area contributed by atoms with Crippen LogP contribution in [0.15, 0.2) is 30.5 Å². The van der Waals surface area contributed by atoms with Crippen LogP contribution in [0.25, 0.3) is 10.9 Å². The Morgan fingerprint density at radius 3 is 2.83 bits per heavy atom. The molecular formula is C15H19NO2. The van der Waals surface area contributed by atoms with Crippen LogP contribution in [0, 0.1) is 6.92 Å². The summed E-state index contributed by atoms with van der Waals surface area (Å²) in [6.07, 6.45) is 5.17. The zero-order valence-corrected chi connectivity index (χ0v) is 10.7. The van der Waals surface area contributed by atoms with E-state index < -0.39 is 5.97 Å². The van der Waals surface area contributed by atoms with Gasteiger partial charge in [-0.3, -0.25) is 4.79 Å². The van der Waals surface area contributed by atoms with E-state index in [0.717, 1.165) is 25.8 Å². The Balaban J connectivity index is 1.90. The van der Waals surface area contributed by atoms with Crippen LogP contribution >= 0.6 is 0 Å². The molecule has 0 radical (unpaired) electrons. The first-order valence-corrected chi connectivity index (χ1v) is 6.44. The summed E-state index contributed by atoms with van der Waals surface area (Å²) in [6.45, 7) is 3.06. The van der Waals surface area contributed by atoms with Crippen LogP contribution in [0.2, 0.25) is 0 Å². The lowest BCUT2D eigenvalue weighted by atomic mass is 10.2. The fourth-order valence-electron chi connectivity index (χ4n) is 2.25. The highest BCUT2D eigenvalue weighted by Crippen LogP contribution is 2.18. The standard InChI is InChI=1S/C15H19NO2/c1-12-6-7-14-13(11-12)8-10-16(14)9-4-2-3-5-15(17)18/h6-8,10-11H,2-5,9H2,1H3,(H,17,18). The van der Waals surface area contributed by atoms with Crippen molar-refractivity contribution in [2.24, 2.45) is 0 Å². The van der Waals surface area contributed by atoms with Crippen LogP contribution in [0.4, 0.5) is 0 Å². The largest absolute Gasteiger partial charge is 0.481 e. The number of carbonyl (C=O) groups is 1. The number of carboxylic acid groups (broad SMARTS) is 1. The zero-order valence-electron chi connectivity index (χ0n) is 10.7. The van der Waals surface area contributed by atoms with Gasteiger partial charge >= 0.3 is 5.97 Å². The van der Waals surface area contributed by atoms with Crippen LogP contribution in [-0.2, 0) is 11.3 Å². The fraction of sp³-hybridized carbons (Fsp3) is 0.400. The third kappa shape index (κ3) is 3.13. The number of aryl methyl sites for hydroxylation is 2. The minimum Gasteiger partial charge on any atom is -0.481 e. The Kier molecular flexibility index (Phi) is 4.03. The molecular weight excluding hydrogens is 226 g/mol. The van der Waals surface area contributed by atoms with Gasteiger partial charge in [0.05, 0.1) is 0 Å². The number of aliphatic carboxylic acids is 1. The van der Waals surface area contributed by atoms with E-state index in [1.165, 1.54) is 16.5 Å². The van der Waals surface area contributed by atoms with Crippen molar-refractivity contribution in [3.8, 4) is 0 Å². The second-order valence-corrected chi connectivity index (χ2v) is 4.78. The maximum absolute atomic E-state index is 10.4. The summed E-state index contributed by atoms with van der Waals surface area (Å²) in [5.74, 6) is -0.697. The Bertz CT molecular complexity index is 542. The van der Waals surface area contributed by atoms with E-state index in [-0.39, 0.29) is 6.42 Å². The molecule has 1 aromatic heterocycles. The summed E-state index contributed by atoms with van der Waals surface area (Å²) in [6, 6.07) is 8.61. The van der Waals surface area contributed by atoms with E-state index in [2.05, 4.69) is 42.0 Å². The van der Waals surface area contributed by atoms with Crippen LogP contribution < -0.4 is 0 Å². The summed E-state index contributed by atoms with van der Waals surface area (Å²) < 4.78 is 2.25. The Morgan fingerprint density at radius 1 is 1.22 bits per heavy atom. The van der Waals surface area contributed by atoms with Crippen LogP contribution in [0.3, 0.4) is 0 Å². The summed E-state index contributed by atoms with van der Waals surface area (Å²) in [5.41, 5.74) is 2.54. The van der Waals surface area contributed by atoms with Crippen LogP contribution in [0.5, 0.6) is 0 Å². The van der Waals surface area contributed by atoms with Gasteiger partial charge in [0.25, 0.3) is 0 Å². The number of hydrogen-bond acceptors (Lipinski definition) is 1. The molecule has 2 rings (SSSR count). The van der Waals surface area contributed by atoms with Gasteiger partial charge in [0.1, 0.15) is 0 Å². The average molecular weight is 245 g/mol.